The molecule has 2 heterocycles. The van der Waals surface area contributed by atoms with Crippen molar-refractivity contribution in [2.45, 2.75) is 32.7 Å². The zero-order chi connectivity index (χ0) is 17.6. The molecule has 2 aromatic rings. The topological polar surface area (TPSA) is 53.7 Å². The van der Waals surface area contributed by atoms with E-state index in [0.717, 1.165) is 37.1 Å². The minimum absolute atomic E-state index is 0.241. The second kappa shape index (κ2) is 5.99. The molecule has 25 heavy (non-hydrogen) atoms. The normalized spacial score (nSPS) is 26.1. The first-order chi connectivity index (χ1) is 12.0. The Labute approximate surface area is 146 Å². The maximum atomic E-state index is 13.7. The molecule has 0 amide bonds. The Morgan fingerprint density at radius 1 is 1.40 bits per heavy atom. The van der Waals surface area contributed by atoms with Crippen molar-refractivity contribution >= 4 is 5.97 Å². The number of benzene rings is 1. The molecule has 1 aromatic heterocycles. The van der Waals surface area contributed by atoms with E-state index in [-0.39, 0.29) is 11.7 Å². The predicted octanol–water partition coefficient (Wildman–Crippen LogP) is 4.08. The van der Waals surface area contributed by atoms with Gasteiger partial charge in [0.2, 0.25) is 0 Å². The van der Waals surface area contributed by atoms with Crippen molar-refractivity contribution in [2.24, 2.45) is 11.3 Å². The van der Waals surface area contributed by atoms with E-state index in [4.69, 9.17) is 4.42 Å². The molecule has 1 aliphatic heterocycles. The third-order valence-corrected chi connectivity index (χ3v) is 5.94. The maximum Gasteiger partial charge on any atom is 0.311 e. The molecule has 2 atom stereocenters. The summed E-state index contributed by atoms with van der Waals surface area (Å²) in [5, 5.41) is 9.68. The zero-order valence-corrected chi connectivity index (χ0v) is 14.3. The van der Waals surface area contributed by atoms with Crippen LogP contribution in [0.15, 0.2) is 34.7 Å². The Balaban J connectivity index is 1.51. The number of halogens is 1. The fourth-order valence-corrected chi connectivity index (χ4v) is 4.57. The van der Waals surface area contributed by atoms with Crippen LogP contribution >= 0.6 is 0 Å². The van der Waals surface area contributed by atoms with E-state index in [1.807, 2.05) is 18.2 Å². The third-order valence-electron chi connectivity index (χ3n) is 5.94. The second-order valence-corrected chi connectivity index (χ2v) is 7.40. The number of carbonyl (C=O) groups is 1. The van der Waals surface area contributed by atoms with Gasteiger partial charge in [0.05, 0.1) is 12.0 Å². The number of fused-ring (bicyclic) bond motifs is 1. The van der Waals surface area contributed by atoms with Gasteiger partial charge in [-0.25, -0.2) is 4.39 Å². The lowest BCUT2D eigenvalue weighted by Crippen LogP contribution is -2.35. The van der Waals surface area contributed by atoms with Gasteiger partial charge in [0.25, 0.3) is 0 Å². The van der Waals surface area contributed by atoms with Crippen molar-refractivity contribution in [3.63, 3.8) is 0 Å². The highest BCUT2D eigenvalue weighted by Crippen LogP contribution is 2.49. The van der Waals surface area contributed by atoms with Crippen LogP contribution in [0.1, 0.15) is 30.6 Å². The number of rotatable bonds is 4. The molecule has 0 unspecified atom stereocenters. The zero-order valence-electron chi connectivity index (χ0n) is 14.3. The van der Waals surface area contributed by atoms with Crippen LogP contribution in [0, 0.1) is 24.1 Å². The van der Waals surface area contributed by atoms with Gasteiger partial charge >= 0.3 is 5.97 Å². The van der Waals surface area contributed by atoms with Gasteiger partial charge in [-0.15, -0.1) is 0 Å². The lowest BCUT2D eigenvalue weighted by molar-refractivity contribution is -0.149. The second-order valence-electron chi connectivity index (χ2n) is 7.40. The van der Waals surface area contributed by atoms with E-state index >= 15 is 0 Å². The van der Waals surface area contributed by atoms with Crippen molar-refractivity contribution < 1.29 is 18.7 Å². The Hall–Kier alpha value is -2.14. The van der Waals surface area contributed by atoms with Crippen LogP contribution in [0.5, 0.6) is 0 Å². The van der Waals surface area contributed by atoms with Gasteiger partial charge in [-0.1, -0.05) is 18.6 Å². The van der Waals surface area contributed by atoms with Gasteiger partial charge in [-0.05, 0) is 49.4 Å². The fourth-order valence-electron chi connectivity index (χ4n) is 4.57. The van der Waals surface area contributed by atoms with Crippen LogP contribution in [0.3, 0.4) is 0 Å². The van der Waals surface area contributed by atoms with E-state index in [2.05, 4.69) is 4.90 Å². The summed E-state index contributed by atoms with van der Waals surface area (Å²) in [6.45, 7) is 3.73. The number of hydrogen-bond acceptors (Lipinski definition) is 3. The van der Waals surface area contributed by atoms with E-state index in [1.54, 1.807) is 13.0 Å². The summed E-state index contributed by atoms with van der Waals surface area (Å²) in [7, 11) is 0. The molecule has 1 N–H and O–H groups in total. The average molecular weight is 343 g/mol. The molecule has 1 aliphatic carbocycles. The van der Waals surface area contributed by atoms with Gasteiger partial charge < -0.3 is 9.52 Å². The predicted molar refractivity (Wildman–Crippen MR) is 91.5 cm³/mol. The van der Waals surface area contributed by atoms with Gasteiger partial charge in [-0.2, -0.15) is 0 Å². The molecule has 5 heteroatoms. The minimum Gasteiger partial charge on any atom is -0.481 e. The SMILES string of the molecule is Cc1c(F)cccc1-c1ccc(CN2C[C@@H]3CCC[C@@]3(C(=O)O)C2)o1. The number of hydrogen-bond donors (Lipinski definition) is 1. The highest BCUT2D eigenvalue weighted by Gasteiger charge is 2.54. The van der Waals surface area contributed by atoms with Crippen LogP contribution in [0.2, 0.25) is 0 Å². The largest absolute Gasteiger partial charge is 0.481 e. The quantitative estimate of drug-likeness (QED) is 0.909. The Morgan fingerprint density at radius 2 is 2.24 bits per heavy atom. The lowest BCUT2D eigenvalue weighted by atomic mass is 9.81. The monoisotopic (exact) mass is 343 g/mol. The molecule has 1 aromatic carbocycles. The molecule has 0 bridgehead atoms. The number of carboxylic acids is 1. The molecule has 4 nitrogen and oxygen atoms in total. The smallest absolute Gasteiger partial charge is 0.311 e. The summed E-state index contributed by atoms with van der Waals surface area (Å²) in [5.74, 6) is 0.780. The molecule has 4 rings (SSSR count). The average Bonchev–Trinajstić information content (AvgIpc) is 3.24. The molecule has 1 saturated heterocycles. The standard InChI is InChI=1S/C20H22FNO3/c1-13-16(5-2-6-17(13)21)18-8-7-15(25-18)11-22-10-14-4-3-9-20(14,12-22)19(23)24/h2,5-8,14H,3-4,9-12H2,1H3,(H,23,24)/t14-,20+/m0/s1. The van der Waals surface area contributed by atoms with Crippen LogP contribution in [0.4, 0.5) is 4.39 Å². The molecule has 0 spiro atoms. The van der Waals surface area contributed by atoms with E-state index < -0.39 is 11.4 Å². The van der Waals surface area contributed by atoms with Crippen LogP contribution in [0.25, 0.3) is 11.3 Å². The fraction of sp³-hybridized carbons (Fsp3) is 0.450. The van der Waals surface area contributed by atoms with Crippen LogP contribution in [-0.4, -0.2) is 29.1 Å². The number of carboxylic acid groups (broad SMARTS) is 1. The van der Waals surface area contributed by atoms with Gasteiger partial charge in [0.15, 0.2) is 0 Å². The van der Waals surface area contributed by atoms with Crippen molar-refractivity contribution in [2.75, 3.05) is 13.1 Å². The van der Waals surface area contributed by atoms with Crippen molar-refractivity contribution in [1.82, 2.24) is 4.90 Å². The number of nitrogens with zero attached hydrogens (tertiary/aromatic N) is 1. The highest BCUT2D eigenvalue weighted by molar-refractivity contribution is 5.76. The number of likely N-dealkylation sites (tertiary alicyclic amines) is 1. The molecule has 2 aliphatic rings. The first kappa shape index (κ1) is 16.3. The Kier molecular flexibility index (Phi) is 3.91. The van der Waals surface area contributed by atoms with E-state index in [0.29, 0.717) is 24.4 Å². The van der Waals surface area contributed by atoms with Gasteiger partial charge in [0, 0.05) is 18.7 Å². The molecule has 132 valence electrons. The third kappa shape index (κ3) is 2.67. The first-order valence-corrected chi connectivity index (χ1v) is 8.79. The van der Waals surface area contributed by atoms with E-state index in [9.17, 15) is 14.3 Å². The molecule has 1 saturated carbocycles. The van der Waals surface area contributed by atoms with Gasteiger partial charge in [-0.3, -0.25) is 9.69 Å². The molecule has 0 radical (unpaired) electrons. The minimum atomic E-state index is -0.659. The maximum absolute atomic E-state index is 13.7. The summed E-state index contributed by atoms with van der Waals surface area (Å²) in [5.41, 5.74) is 0.754. The van der Waals surface area contributed by atoms with Crippen LogP contribution < -0.4 is 0 Å². The first-order valence-electron chi connectivity index (χ1n) is 8.79. The van der Waals surface area contributed by atoms with Crippen molar-refractivity contribution in [1.29, 1.82) is 0 Å². The lowest BCUT2D eigenvalue weighted by Gasteiger charge is -2.23. The summed E-state index contributed by atoms with van der Waals surface area (Å²) in [6, 6.07) is 8.73. The highest BCUT2D eigenvalue weighted by atomic mass is 19.1. The van der Waals surface area contributed by atoms with Crippen molar-refractivity contribution in [3.05, 3.63) is 47.5 Å². The summed E-state index contributed by atoms with van der Waals surface area (Å²) < 4.78 is 19.7. The van der Waals surface area contributed by atoms with Crippen LogP contribution in [-0.2, 0) is 11.3 Å². The van der Waals surface area contributed by atoms with E-state index in [1.165, 1.54) is 6.07 Å². The van der Waals surface area contributed by atoms with Crippen molar-refractivity contribution in [3.8, 4) is 11.3 Å². The molecule has 2 fully saturated rings. The Morgan fingerprint density at radius 3 is 3.00 bits per heavy atom. The molecular formula is C20H22FNO3. The summed E-state index contributed by atoms with van der Waals surface area (Å²) in [4.78, 5) is 14.0. The number of furan rings is 1. The van der Waals surface area contributed by atoms with Gasteiger partial charge in [0.1, 0.15) is 17.3 Å². The Bertz CT molecular complexity index is 815. The summed E-state index contributed by atoms with van der Waals surface area (Å²) >= 11 is 0. The number of aliphatic carboxylic acids is 1. The molecular weight excluding hydrogens is 321 g/mol. The summed E-state index contributed by atoms with van der Waals surface area (Å²) in [6.07, 6.45) is 2.78.